The van der Waals surface area contributed by atoms with Gasteiger partial charge in [-0.15, -0.1) is 0 Å². The number of carbonyl (C=O) groups is 1. The van der Waals surface area contributed by atoms with Crippen LogP contribution in [0.25, 0.3) is 0 Å². The Morgan fingerprint density at radius 3 is 2.84 bits per heavy atom. The molecule has 19 heavy (non-hydrogen) atoms. The maximum Gasteiger partial charge on any atom is 0.411 e. The second-order valence-corrected chi connectivity index (χ2v) is 7.17. The fraction of sp³-hybridized carbons (Fsp3) is 0.692. The number of imidazole rings is 1. The Morgan fingerprint density at radius 2 is 2.26 bits per heavy atom. The standard InChI is InChI=1S/C13H18BrN3O2/c1-13(2,3)19-12(18)17-8-4-7(8)5-9(17)11-15-6-10(14)16-11/h6-9H,4-5H2,1-3H3,(H,15,16)/t7-,8-,9+/m1/s1. The minimum atomic E-state index is -0.460. The van der Waals surface area contributed by atoms with Crippen LogP contribution in [0.2, 0.25) is 0 Å². The zero-order valence-corrected chi connectivity index (χ0v) is 12.9. The highest BCUT2D eigenvalue weighted by atomic mass is 79.9. The van der Waals surface area contributed by atoms with Gasteiger partial charge in [0.15, 0.2) is 0 Å². The average Bonchev–Trinajstić information content (AvgIpc) is 2.73. The predicted octanol–water partition coefficient (Wildman–Crippen LogP) is 3.24. The molecule has 3 atom stereocenters. The number of carbonyl (C=O) groups excluding carboxylic acids is 1. The number of nitrogens with zero attached hydrogens (tertiary/aromatic N) is 2. The van der Waals surface area contributed by atoms with Crippen molar-refractivity contribution in [2.24, 2.45) is 5.92 Å². The van der Waals surface area contributed by atoms with Crippen molar-refractivity contribution in [3.05, 3.63) is 16.6 Å². The van der Waals surface area contributed by atoms with Gasteiger partial charge in [0.1, 0.15) is 16.0 Å². The zero-order valence-electron chi connectivity index (χ0n) is 11.3. The molecule has 1 N–H and O–H groups in total. The van der Waals surface area contributed by atoms with Crippen molar-refractivity contribution < 1.29 is 9.53 Å². The molecule has 1 amide bonds. The summed E-state index contributed by atoms with van der Waals surface area (Å²) in [7, 11) is 0. The molecule has 0 spiro atoms. The van der Waals surface area contributed by atoms with E-state index in [4.69, 9.17) is 4.74 Å². The first-order chi connectivity index (χ1) is 8.85. The average molecular weight is 328 g/mol. The van der Waals surface area contributed by atoms with Crippen LogP contribution in [0.4, 0.5) is 4.79 Å². The summed E-state index contributed by atoms with van der Waals surface area (Å²) in [6.07, 6.45) is 3.57. The maximum absolute atomic E-state index is 12.3. The van der Waals surface area contributed by atoms with E-state index in [1.807, 2.05) is 25.7 Å². The number of ether oxygens (including phenoxy) is 1. The fourth-order valence-corrected chi connectivity index (χ4v) is 3.07. The van der Waals surface area contributed by atoms with E-state index in [2.05, 4.69) is 25.9 Å². The molecule has 2 heterocycles. The quantitative estimate of drug-likeness (QED) is 0.861. The van der Waals surface area contributed by atoms with E-state index in [-0.39, 0.29) is 12.1 Å². The minimum Gasteiger partial charge on any atom is -0.444 e. The van der Waals surface area contributed by atoms with Gasteiger partial charge in [0, 0.05) is 6.04 Å². The topological polar surface area (TPSA) is 58.2 Å². The van der Waals surface area contributed by atoms with Gasteiger partial charge >= 0.3 is 6.09 Å². The van der Waals surface area contributed by atoms with Crippen LogP contribution in [0.15, 0.2) is 10.8 Å². The third-order valence-electron chi connectivity index (χ3n) is 3.59. The van der Waals surface area contributed by atoms with E-state index in [1.165, 1.54) is 0 Å². The monoisotopic (exact) mass is 327 g/mol. The number of halogens is 1. The van der Waals surface area contributed by atoms with E-state index < -0.39 is 5.60 Å². The molecule has 1 aliphatic carbocycles. The number of aromatic amines is 1. The number of piperidine rings is 1. The third kappa shape index (κ3) is 2.50. The smallest absolute Gasteiger partial charge is 0.411 e. The van der Waals surface area contributed by atoms with E-state index >= 15 is 0 Å². The Bertz CT molecular complexity index is 508. The molecule has 3 rings (SSSR count). The van der Waals surface area contributed by atoms with Crippen molar-refractivity contribution in [2.45, 2.75) is 51.3 Å². The molecule has 1 aliphatic heterocycles. The minimum absolute atomic E-state index is 0.0184. The molecule has 2 aliphatic rings. The van der Waals surface area contributed by atoms with Crippen molar-refractivity contribution in [3.63, 3.8) is 0 Å². The summed E-state index contributed by atoms with van der Waals surface area (Å²) in [5.41, 5.74) is -0.460. The zero-order chi connectivity index (χ0) is 13.8. The van der Waals surface area contributed by atoms with Crippen molar-refractivity contribution in [3.8, 4) is 0 Å². The molecule has 1 saturated carbocycles. The van der Waals surface area contributed by atoms with Gasteiger partial charge in [-0.1, -0.05) is 0 Å². The lowest BCUT2D eigenvalue weighted by molar-refractivity contribution is 0.0175. The Balaban J connectivity index is 1.80. The van der Waals surface area contributed by atoms with Crippen molar-refractivity contribution in [1.82, 2.24) is 14.9 Å². The molecule has 1 aromatic rings. The Morgan fingerprint density at radius 1 is 1.53 bits per heavy atom. The van der Waals surface area contributed by atoms with Crippen molar-refractivity contribution in [1.29, 1.82) is 0 Å². The second-order valence-electron chi connectivity index (χ2n) is 6.32. The summed E-state index contributed by atoms with van der Waals surface area (Å²) >= 11 is 3.36. The molecular weight excluding hydrogens is 310 g/mol. The Labute approximate surface area is 120 Å². The Hall–Kier alpha value is -1.04. The molecule has 1 aromatic heterocycles. The summed E-state index contributed by atoms with van der Waals surface area (Å²) in [5, 5.41) is 0. The van der Waals surface area contributed by atoms with E-state index in [9.17, 15) is 4.79 Å². The van der Waals surface area contributed by atoms with Crippen LogP contribution in [-0.4, -0.2) is 32.6 Å². The first-order valence-corrected chi connectivity index (χ1v) is 7.36. The number of amides is 1. The number of rotatable bonds is 1. The normalized spacial score (nSPS) is 29.3. The van der Waals surface area contributed by atoms with E-state index in [0.29, 0.717) is 12.0 Å². The van der Waals surface area contributed by atoms with Crippen molar-refractivity contribution >= 4 is 22.0 Å². The van der Waals surface area contributed by atoms with Crippen LogP contribution in [-0.2, 0) is 4.74 Å². The van der Waals surface area contributed by atoms with Gasteiger partial charge in [0.05, 0.1) is 12.2 Å². The van der Waals surface area contributed by atoms with Gasteiger partial charge < -0.3 is 9.72 Å². The van der Waals surface area contributed by atoms with Crippen molar-refractivity contribution in [2.75, 3.05) is 0 Å². The van der Waals surface area contributed by atoms with Crippen LogP contribution < -0.4 is 0 Å². The van der Waals surface area contributed by atoms with Gasteiger partial charge in [0.25, 0.3) is 0 Å². The summed E-state index contributed by atoms with van der Waals surface area (Å²) in [4.78, 5) is 21.7. The molecule has 2 fully saturated rings. The number of likely N-dealkylation sites (tertiary alicyclic amines) is 1. The van der Waals surface area contributed by atoms with Gasteiger partial charge in [0.2, 0.25) is 0 Å². The highest BCUT2D eigenvalue weighted by Gasteiger charge is 2.56. The molecule has 0 aromatic carbocycles. The molecule has 0 bridgehead atoms. The van der Waals surface area contributed by atoms with Crippen LogP contribution in [0.1, 0.15) is 45.5 Å². The lowest BCUT2D eigenvalue weighted by Gasteiger charge is -2.29. The molecule has 0 unspecified atom stereocenters. The number of hydrogen-bond donors (Lipinski definition) is 1. The molecule has 6 heteroatoms. The highest BCUT2D eigenvalue weighted by Crippen LogP contribution is 2.53. The summed E-state index contributed by atoms with van der Waals surface area (Å²) in [6, 6.07) is 0.355. The molecule has 5 nitrogen and oxygen atoms in total. The van der Waals surface area contributed by atoms with E-state index in [1.54, 1.807) is 6.20 Å². The number of hydrogen-bond acceptors (Lipinski definition) is 3. The summed E-state index contributed by atoms with van der Waals surface area (Å²) in [6.45, 7) is 5.68. The van der Waals surface area contributed by atoms with Gasteiger partial charge in [-0.05, 0) is 55.5 Å². The molecule has 0 radical (unpaired) electrons. The molecule has 1 saturated heterocycles. The number of nitrogens with one attached hydrogen (secondary N) is 1. The first kappa shape index (κ1) is 13.0. The number of H-pyrrole nitrogens is 1. The Kier molecular flexibility index (Phi) is 2.89. The summed E-state index contributed by atoms with van der Waals surface area (Å²) in [5.74, 6) is 1.45. The lowest BCUT2D eigenvalue weighted by Crippen LogP contribution is -2.38. The molecule has 104 valence electrons. The van der Waals surface area contributed by atoms with Crippen LogP contribution in [0, 0.1) is 5.92 Å². The van der Waals surface area contributed by atoms with Crippen LogP contribution in [0.5, 0.6) is 0 Å². The lowest BCUT2D eigenvalue weighted by atomic mass is 10.1. The van der Waals surface area contributed by atoms with Gasteiger partial charge in [-0.25, -0.2) is 9.78 Å². The predicted molar refractivity (Wildman–Crippen MR) is 73.6 cm³/mol. The largest absolute Gasteiger partial charge is 0.444 e. The van der Waals surface area contributed by atoms with Gasteiger partial charge in [-0.3, -0.25) is 4.90 Å². The number of fused-ring (bicyclic) bond motifs is 1. The van der Waals surface area contributed by atoms with E-state index in [0.717, 1.165) is 23.3 Å². The van der Waals surface area contributed by atoms with Crippen LogP contribution in [0.3, 0.4) is 0 Å². The molecular formula is C13H18BrN3O2. The maximum atomic E-state index is 12.3. The van der Waals surface area contributed by atoms with Crippen LogP contribution >= 0.6 is 15.9 Å². The third-order valence-corrected chi connectivity index (χ3v) is 3.99. The SMILES string of the molecule is CC(C)(C)OC(=O)N1[C@@H]2C[C@@H]2C[C@H]1c1ncc(Br)[nH]1. The van der Waals surface area contributed by atoms with Gasteiger partial charge in [-0.2, -0.15) is 0 Å². The first-order valence-electron chi connectivity index (χ1n) is 6.57. The second kappa shape index (κ2) is 4.23. The highest BCUT2D eigenvalue weighted by molar-refractivity contribution is 9.10. The number of aromatic nitrogens is 2. The fourth-order valence-electron chi connectivity index (χ4n) is 2.76. The summed E-state index contributed by atoms with van der Waals surface area (Å²) < 4.78 is 6.35.